The van der Waals surface area contributed by atoms with Crippen LogP contribution >= 0.6 is 0 Å². The van der Waals surface area contributed by atoms with E-state index in [1.54, 1.807) is 18.2 Å². The van der Waals surface area contributed by atoms with Crippen LogP contribution < -0.4 is 10.1 Å². The van der Waals surface area contributed by atoms with E-state index in [-0.39, 0.29) is 17.6 Å². The van der Waals surface area contributed by atoms with Gasteiger partial charge in [0.25, 0.3) is 0 Å². The lowest BCUT2D eigenvalue weighted by molar-refractivity contribution is 0.382. The zero-order chi connectivity index (χ0) is 14.5. The molecule has 0 amide bonds. The molecule has 2 aromatic rings. The van der Waals surface area contributed by atoms with Gasteiger partial charge in [-0.25, -0.2) is 4.39 Å². The quantitative estimate of drug-likeness (QED) is 0.889. The highest BCUT2D eigenvalue weighted by molar-refractivity contribution is 5.31. The molecular formula is C17H20FNO. The monoisotopic (exact) mass is 273 g/mol. The van der Waals surface area contributed by atoms with E-state index in [4.69, 9.17) is 4.74 Å². The number of halogens is 1. The van der Waals surface area contributed by atoms with Crippen LogP contribution in [0, 0.1) is 12.7 Å². The molecule has 1 unspecified atom stereocenters. The summed E-state index contributed by atoms with van der Waals surface area (Å²) in [6, 6.07) is 13.7. The fourth-order valence-electron chi connectivity index (χ4n) is 2.09. The summed E-state index contributed by atoms with van der Waals surface area (Å²) in [6.45, 7) is 4.61. The average molecular weight is 273 g/mol. The fourth-order valence-corrected chi connectivity index (χ4v) is 2.09. The summed E-state index contributed by atoms with van der Waals surface area (Å²) >= 11 is 0. The second-order valence-corrected chi connectivity index (χ2v) is 4.95. The normalized spacial score (nSPS) is 12.2. The maximum Gasteiger partial charge on any atom is 0.169 e. The second-order valence-electron chi connectivity index (χ2n) is 4.95. The summed E-state index contributed by atoms with van der Waals surface area (Å²) in [4.78, 5) is 0. The van der Waals surface area contributed by atoms with Crippen molar-refractivity contribution in [2.45, 2.75) is 26.4 Å². The van der Waals surface area contributed by atoms with Gasteiger partial charge in [-0.15, -0.1) is 0 Å². The molecule has 0 radical (unpaired) electrons. The third kappa shape index (κ3) is 3.36. The molecule has 0 fully saturated rings. The lowest BCUT2D eigenvalue weighted by Gasteiger charge is -2.15. The van der Waals surface area contributed by atoms with Crippen LogP contribution in [0.1, 0.15) is 29.7 Å². The van der Waals surface area contributed by atoms with E-state index in [9.17, 15) is 4.39 Å². The first-order chi connectivity index (χ1) is 9.61. The number of methoxy groups -OCH3 is 1. The molecule has 0 saturated carbocycles. The Morgan fingerprint density at radius 1 is 1.15 bits per heavy atom. The summed E-state index contributed by atoms with van der Waals surface area (Å²) in [5.41, 5.74) is 3.04. The molecule has 0 aliphatic heterocycles. The van der Waals surface area contributed by atoms with Crippen LogP contribution in [0.4, 0.5) is 4.39 Å². The zero-order valence-corrected chi connectivity index (χ0v) is 12.1. The molecule has 0 aliphatic carbocycles. The third-order valence-electron chi connectivity index (χ3n) is 3.44. The second kappa shape index (κ2) is 6.53. The van der Waals surface area contributed by atoms with E-state index < -0.39 is 0 Å². The Hall–Kier alpha value is -1.87. The predicted molar refractivity (Wildman–Crippen MR) is 79.4 cm³/mol. The Morgan fingerprint density at radius 3 is 2.50 bits per heavy atom. The number of hydrogen-bond acceptors (Lipinski definition) is 2. The van der Waals surface area contributed by atoms with Crippen molar-refractivity contribution >= 4 is 0 Å². The minimum Gasteiger partial charge on any atom is -0.494 e. The summed E-state index contributed by atoms with van der Waals surface area (Å²) in [6.07, 6.45) is 0. The molecule has 1 N–H and O–H groups in total. The maximum atomic E-state index is 14.0. The SMILES string of the molecule is COc1cccc(CNC(C)c2ccc(C)cc2)c1F. The largest absolute Gasteiger partial charge is 0.494 e. The molecule has 2 rings (SSSR count). The summed E-state index contributed by atoms with van der Waals surface area (Å²) in [5, 5.41) is 3.33. The van der Waals surface area contributed by atoms with Crippen molar-refractivity contribution in [3.8, 4) is 5.75 Å². The molecular weight excluding hydrogens is 253 g/mol. The fraction of sp³-hybridized carbons (Fsp3) is 0.294. The number of benzene rings is 2. The number of ether oxygens (including phenoxy) is 1. The predicted octanol–water partition coefficient (Wildman–Crippen LogP) is 3.99. The van der Waals surface area contributed by atoms with Crippen LogP contribution in [0.2, 0.25) is 0 Å². The summed E-state index contributed by atoms with van der Waals surface area (Å²) < 4.78 is 19.0. The Labute approximate surface area is 119 Å². The lowest BCUT2D eigenvalue weighted by atomic mass is 10.1. The number of hydrogen-bond donors (Lipinski definition) is 1. The molecule has 1 atom stereocenters. The van der Waals surface area contributed by atoms with Gasteiger partial charge in [0, 0.05) is 18.2 Å². The van der Waals surface area contributed by atoms with Crippen LogP contribution in [0.3, 0.4) is 0 Å². The minimum atomic E-state index is -0.293. The van der Waals surface area contributed by atoms with Crippen molar-refractivity contribution in [3.05, 3.63) is 65.0 Å². The highest BCUT2D eigenvalue weighted by atomic mass is 19.1. The highest BCUT2D eigenvalue weighted by Gasteiger charge is 2.10. The highest BCUT2D eigenvalue weighted by Crippen LogP contribution is 2.21. The van der Waals surface area contributed by atoms with Crippen molar-refractivity contribution in [1.82, 2.24) is 5.32 Å². The first-order valence-electron chi connectivity index (χ1n) is 6.73. The lowest BCUT2D eigenvalue weighted by Crippen LogP contribution is -2.18. The van der Waals surface area contributed by atoms with E-state index >= 15 is 0 Å². The van der Waals surface area contributed by atoms with Crippen molar-refractivity contribution in [2.24, 2.45) is 0 Å². The standard InChI is InChI=1S/C17H20FNO/c1-12-7-9-14(10-8-12)13(2)19-11-15-5-4-6-16(20-3)17(15)18/h4-10,13,19H,11H2,1-3H3. The number of nitrogens with one attached hydrogen (secondary N) is 1. The molecule has 3 heteroatoms. The third-order valence-corrected chi connectivity index (χ3v) is 3.44. The Kier molecular flexibility index (Phi) is 4.74. The van der Waals surface area contributed by atoms with Gasteiger partial charge in [0.05, 0.1) is 7.11 Å². The van der Waals surface area contributed by atoms with Gasteiger partial charge in [0.1, 0.15) is 0 Å². The van der Waals surface area contributed by atoms with E-state index in [0.717, 1.165) is 0 Å². The van der Waals surface area contributed by atoms with Gasteiger partial charge in [-0.3, -0.25) is 0 Å². The van der Waals surface area contributed by atoms with E-state index in [1.165, 1.54) is 18.2 Å². The Balaban J connectivity index is 2.03. The molecule has 0 aliphatic rings. The van der Waals surface area contributed by atoms with Gasteiger partial charge in [0.2, 0.25) is 0 Å². The number of rotatable bonds is 5. The van der Waals surface area contributed by atoms with Crippen molar-refractivity contribution in [3.63, 3.8) is 0 Å². The van der Waals surface area contributed by atoms with Crippen LogP contribution in [-0.2, 0) is 6.54 Å². The molecule has 0 saturated heterocycles. The molecule has 0 spiro atoms. The Morgan fingerprint density at radius 2 is 1.85 bits per heavy atom. The van der Waals surface area contributed by atoms with Gasteiger partial charge in [0.15, 0.2) is 11.6 Å². The zero-order valence-electron chi connectivity index (χ0n) is 12.1. The summed E-state index contributed by atoms with van der Waals surface area (Å²) in [7, 11) is 1.48. The van der Waals surface area contributed by atoms with Gasteiger partial charge < -0.3 is 10.1 Å². The van der Waals surface area contributed by atoms with Crippen LogP contribution in [0.15, 0.2) is 42.5 Å². The van der Waals surface area contributed by atoms with E-state index in [0.29, 0.717) is 12.1 Å². The molecule has 20 heavy (non-hydrogen) atoms. The molecule has 0 bridgehead atoms. The van der Waals surface area contributed by atoms with Crippen molar-refractivity contribution in [2.75, 3.05) is 7.11 Å². The maximum absolute atomic E-state index is 14.0. The van der Waals surface area contributed by atoms with E-state index in [1.807, 2.05) is 0 Å². The molecule has 2 nitrogen and oxygen atoms in total. The van der Waals surface area contributed by atoms with Crippen LogP contribution in [-0.4, -0.2) is 7.11 Å². The minimum absolute atomic E-state index is 0.168. The first kappa shape index (κ1) is 14.5. The smallest absolute Gasteiger partial charge is 0.169 e. The molecule has 2 aromatic carbocycles. The molecule has 0 heterocycles. The average Bonchev–Trinajstić information content (AvgIpc) is 2.46. The van der Waals surface area contributed by atoms with Crippen molar-refractivity contribution < 1.29 is 9.13 Å². The number of aryl methyl sites for hydroxylation is 1. The van der Waals surface area contributed by atoms with Crippen molar-refractivity contribution in [1.29, 1.82) is 0 Å². The molecule has 0 aromatic heterocycles. The topological polar surface area (TPSA) is 21.3 Å². The first-order valence-corrected chi connectivity index (χ1v) is 6.73. The van der Waals surface area contributed by atoms with Gasteiger partial charge >= 0.3 is 0 Å². The molecule has 106 valence electrons. The van der Waals surface area contributed by atoms with Gasteiger partial charge in [-0.2, -0.15) is 0 Å². The van der Waals surface area contributed by atoms with Gasteiger partial charge in [-0.05, 0) is 25.5 Å². The van der Waals surface area contributed by atoms with E-state index in [2.05, 4.69) is 43.4 Å². The summed E-state index contributed by atoms with van der Waals surface area (Å²) in [5.74, 6) is -0.00843. The Bertz CT molecular complexity index is 566. The van der Waals surface area contributed by atoms with Crippen LogP contribution in [0.25, 0.3) is 0 Å². The van der Waals surface area contributed by atoms with Crippen LogP contribution in [0.5, 0.6) is 5.75 Å². The van der Waals surface area contributed by atoms with Gasteiger partial charge in [-0.1, -0.05) is 42.0 Å².